The summed E-state index contributed by atoms with van der Waals surface area (Å²) >= 11 is 0. The molecule has 1 heterocycles. The number of aromatic nitrogens is 1. The molecule has 0 saturated heterocycles. The van der Waals surface area contributed by atoms with Crippen LogP contribution in [0.3, 0.4) is 0 Å². The molecule has 2 aliphatic carbocycles. The highest BCUT2D eigenvalue weighted by atomic mass is 16.5. The van der Waals surface area contributed by atoms with Gasteiger partial charge in [-0.2, -0.15) is 0 Å². The molecule has 3 rings (SSSR count). The fraction of sp³-hybridized carbons (Fsp3) is 0.692. The molecule has 0 N–H and O–H groups in total. The van der Waals surface area contributed by atoms with E-state index < -0.39 is 0 Å². The maximum absolute atomic E-state index is 12.2. The van der Waals surface area contributed by atoms with E-state index in [9.17, 15) is 4.79 Å². The van der Waals surface area contributed by atoms with Gasteiger partial charge in [0.15, 0.2) is 5.69 Å². The van der Waals surface area contributed by atoms with Crippen LogP contribution in [0.1, 0.15) is 54.8 Å². The molecule has 2 saturated carbocycles. The Bertz CT molecular complexity index is 432. The number of carbonyl (C=O) groups is 1. The van der Waals surface area contributed by atoms with Crippen molar-refractivity contribution in [2.24, 2.45) is 5.92 Å². The van der Waals surface area contributed by atoms with Gasteiger partial charge in [0.05, 0.1) is 0 Å². The summed E-state index contributed by atoms with van der Waals surface area (Å²) in [6, 6.07) is 2.12. The fourth-order valence-corrected chi connectivity index (χ4v) is 2.21. The van der Waals surface area contributed by atoms with Crippen LogP contribution in [-0.4, -0.2) is 29.1 Å². The highest BCUT2D eigenvalue weighted by Crippen LogP contribution is 2.40. The molecule has 2 fully saturated rings. The molecule has 92 valence electrons. The van der Waals surface area contributed by atoms with Crippen LogP contribution >= 0.6 is 0 Å². The lowest BCUT2D eigenvalue weighted by Crippen LogP contribution is -2.36. The average molecular weight is 234 g/mol. The lowest BCUT2D eigenvalue weighted by atomic mass is 10.2. The molecule has 0 unspecified atom stereocenters. The van der Waals surface area contributed by atoms with Gasteiger partial charge in [0.25, 0.3) is 5.91 Å². The Morgan fingerprint density at radius 3 is 2.76 bits per heavy atom. The maximum atomic E-state index is 12.2. The first kappa shape index (κ1) is 10.8. The second kappa shape index (κ2) is 3.86. The van der Waals surface area contributed by atoms with Gasteiger partial charge in [0.1, 0.15) is 5.76 Å². The van der Waals surface area contributed by atoms with Crippen LogP contribution in [0.4, 0.5) is 0 Å². The number of rotatable bonds is 4. The number of hydrogen-bond donors (Lipinski definition) is 0. The van der Waals surface area contributed by atoms with Crippen molar-refractivity contribution in [1.82, 2.24) is 10.1 Å². The average Bonchev–Trinajstić information content (AvgIpc) is 3.24. The minimum absolute atomic E-state index is 0.0138. The Balaban J connectivity index is 1.70. The lowest BCUT2D eigenvalue weighted by Gasteiger charge is -2.23. The minimum atomic E-state index is -0.0138. The van der Waals surface area contributed by atoms with E-state index in [0.717, 1.165) is 18.6 Å². The standard InChI is InChI=1S/C13H18N2O2/c1-8(9-3-4-9)15(2)13(16)11-7-12(17-14-11)10-5-6-10/h7-10H,3-6H2,1-2H3/t8-/m1/s1. The molecule has 17 heavy (non-hydrogen) atoms. The van der Waals surface area contributed by atoms with E-state index in [1.165, 1.54) is 12.8 Å². The second-order valence-electron chi connectivity index (χ2n) is 5.38. The van der Waals surface area contributed by atoms with Gasteiger partial charge in [0, 0.05) is 25.1 Å². The van der Waals surface area contributed by atoms with Crippen LogP contribution in [0.25, 0.3) is 0 Å². The molecule has 4 nitrogen and oxygen atoms in total. The largest absolute Gasteiger partial charge is 0.360 e. The first-order valence-electron chi connectivity index (χ1n) is 6.40. The van der Waals surface area contributed by atoms with E-state index in [1.54, 1.807) is 4.90 Å². The summed E-state index contributed by atoms with van der Waals surface area (Å²) in [5.41, 5.74) is 0.460. The summed E-state index contributed by atoms with van der Waals surface area (Å²) < 4.78 is 5.22. The third-order valence-corrected chi connectivity index (χ3v) is 3.96. The maximum Gasteiger partial charge on any atom is 0.276 e. The summed E-state index contributed by atoms with van der Waals surface area (Å²) in [5.74, 6) is 2.05. The summed E-state index contributed by atoms with van der Waals surface area (Å²) in [6.45, 7) is 2.11. The number of nitrogens with zero attached hydrogens (tertiary/aromatic N) is 2. The summed E-state index contributed by atoms with van der Waals surface area (Å²) in [7, 11) is 1.86. The summed E-state index contributed by atoms with van der Waals surface area (Å²) in [6.07, 6.45) is 4.81. The number of hydrogen-bond acceptors (Lipinski definition) is 3. The van der Waals surface area contributed by atoms with Crippen LogP contribution in [-0.2, 0) is 0 Å². The molecule has 0 bridgehead atoms. The van der Waals surface area contributed by atoms with Gasteiger partial charge in [0.2, 0.25) is 0 Å². The fourth-order valence-electron chi connectivity index (χ4n) is 2.21. The van der Waals surface area contributed by atoms with Gasteiger partial charge < -0.3 is 9.42 Å². The third kappa shape index (κ3) is 2.08. The molecule has 0 aromatic carbocycles. The third-order valence-electron chi connectivity index (χ3n) is 3.96. The summed E-state index contributed by atoms with van der Waals surface area (Å²) in [4.78, 5) is 14.0. The van der Waals surface area contributed by atoms with Gasteiger partial charge in [-0.15, -0.1) is 0 Å². The molecular weight excluding hydrogens is 216 g/mol. The predicted molar refractivity (Wildman–Crippen MR) is 62.8 cm³/mol. The highest BCUT2D eigenvalue weighted by molar-refractivity contribution is 5.92. The Kier molecular flexibility index (Phi) is 2.45. The Morgan fingerprint density at radius 1 is 1.47 bits per heavy atom. The van der Waals surface area contributed by atoms with Gasteiger partial charge >= 0.3 is 0 Å². The molecule has 4 heteroatoms. The van der Waals surface area contributed by atoms with Crippen molar-refractivity contribution in [3.05, 3.63) is 17.5 Å². The molecule has 1 aromatic heterocycles. The molecule has 1 aromatic rings. The monoisotopic (exact) mass is 234 g/mol. The number of carbonyl (C=O) groups excluding carboxylic acids is 1. The van der Waals surface area contributed by atoms with E-state index in [2.05, 4.69) is 12.1 Å². The Hall–Kier alpha value is -1.32. The van der Waals surface area contributed by atoms with Crippen molar-refractivity contribution >= 4 is 5.91 Å². The zero-order valence-electron chi connectivity index (χ0n) is 10.3. The van der Waals surface area contributed by atoms with Gasteiger partial charge in [-0.1, -0.05) is 5.16 Å². The van der Waals surface area contributed by atoms with Crippen LogP contribution in [0.15, 0.2) is 10.6 Å². The van der Waals surface area contributed by atoms with Gasteiger partial charge in [-0.3, -0.25) is 4.79 Å². The van der Waals surface area contributed by atoms with E-state index >= 15 is 0 Å². The predicted octanol–water partition coefficient (Wildman–Crippen LogP) is 2.42. The Morgan fingerprint density at radius 2 is 2.18 bits per heavy atom. The lowest BCUT2D eigenvalue weighted by molar-refractivity contribution is 0.0716. The van der Waals surface area contributed by atoms with Crippen molar-refractivity contribution in [3.8, 4) is 0 Å². The van der Waals surface area contributed by atoms with E-state index in [1.807, 2.05) is 13.1 Å². The van der Waals surface area contributed by atoms with E-state index in [0.29, 0.717) is 23.6 Å². The zero-order valence-corrected chi connectivity index (χ0v) is 10.3. The molecule has 0 aliphatic heterocycles. The SMILES string of the molecule is C[C@H](C1CC1)N(C)C(=O)c1cc(C2CC2)on1. The number of amides is 1. The van der Waals surface area contributed by atoms with Crippen molar-refractivity contribution in [2.45, 2.75) is 44.6 Å². The first-order chi connectivity index (χ1) is 8.16. The highest BCUT2D eigenvalue weighted by Gasteiger charge is 2.34. The van der Waals surface area contributed by atoms with Crippen molar-refractivity contribution in [3.63, 3.8) is 0 Å². The van der Waals surface area contributed by atoms with Crippen LogP contribution < -0.4 is 0 Å². The quantitative estimate of drug-likeness (QED) is 0.803. The molecule has 1 atom stereocenters. The molecule has 0 radical (unpaired) electrons. The first-order valence-corrected chi connectivity index (χ1v) is 6.40. The normalized spacial score (nSPS) is 21.3. The molecular formula is C13H18N2O2. The molecule has 0 spiro atoms. The van der Waals surface area contributed by atoms with Gasteiger partial charge in [-0.05, 0) is 38.5 Å². The van der Waals surface area contributed by atoms with Crippen LogP contribution in [0.2, 0.25) is 0 Å². The van der Waals surface area contributed by atoms with Crippen LogP contribution in [0, 0.1) is 5.92 Å². The smallest absolute Gasteiger partial charge is 0.276 e. The second-order valence-corrected chi connectivity index (χ2v) is 5.38. The van der Waals surface area contributed by atoms with Crippen molar-refractivity contribution < 1.29 is 9.32 Å². The van der Waals surface area contributed by atoms with Crippen LogP contribution in [0.5, 0.6) is 0 Å². The topological polar surface area (TPSA) is 46.3 Å². The molecule has 1 amide bonds. The van der Waals surface area contributed by atoms with Crippen molar-refractivity contribution in [2.75, 3.05) is 7.05 Å². The van der Waals surface area contributed by atoms with Gasteiger partial charge in [-0.25, -0.2) is 0 Å². The Labute approximate surface area is 101 Å². The van der Waals surface area contributed by atoms with E-state index in [-0.39, 0.29) is 5.91 Å². The van der Waals surface area contributed by atoms with E-state index in [4.69, 9.17) is 4.52 Å². The molecule has 2 aliphatic rings. The van der Waals surface area contributed by atoms with Crippen molar-refractivity contribution in [1.29, 1.82) is 0 Å². The minimum Gasteiger partial charge on any atom is -0.360 e. The zero-order chi connectivity index (χ0) is 12.0. The summed E-state index contributed by atoms with van der Waals surface area (Å²) in [5, 5.41) is 3.89.